The van der Waals surface area contributed by atoms with Crippen LogP contribution in [0.15, 0.2) is 30.5 Å². The third-order valence-electron chi connectivity index (χ3n) is 2.22. The molecule has 0 atom stereocenters. The van der Waals surface area contributed by atoms with Crippen LogP contribution in [-0.4, -0.2) is 15.0 Å². The topological polar surface area (TPSA) is 56.7 Å². The number of rotatable bonds is 3. The minimum absolute atomic E-state index is 0.438. The second-order valence-electron chi connectivity index (χ2n) is 3.48. The first kappa shape index (κ1) is 9.71. The van der Waals surface area contributed by atoms with Crippen molar-refractivity contribution in [2.24, 2.45) is 0 Å². The van der Waals surface area contributed by atoms with E-state index >= 15 is 0 Å². The van der Waals surface area contributed by atoms with Crippen LogP contribution in [0.2, 0.25) is 0 Å². The quantitative estimate of drug-likeness (QED) is 0.825. The third kappa shape index (κ3) is 2.15. The van der Waals surface area contributed by atoms with Gasteiger partial charge in [-0.3, -0.25) is 0 Å². The van der Waals surface area contributed by atoms with Gasteiger partial charge in [0.05, 0.1) is 11.9 Å². The molecule has 0 fully saturated rings. The molecule has 1 aromatic heterocycles. The van der Waals surface area contributed by atoms with E-state index < -0.39 is 0 Å². The summed E-state index contributed by atoms with van der Waals surface area (Å²) in [6.07, 6.45) is 3.81. The van der Waals surface area contributed by atoms with E-state index in [1.165, 1.54) is 10.4 Å². The second kappa shape index (κ2) is 4.13. The Morgan fingerprint density at radius 1 is 1.27 bits per heavy atom. The van der Waals surface area contributed by atoms with Crippen LogP contribution in [0.3, 0.4) is 0 Å². The largest absolute Gasteiger partial charge is 0.381 e. The molecule has 0 amide bonds. The van der Waals surface area contributed by atoms with Crippen molar-refractivity contribution < 1.29 is 0 Å². The van der Waals surface area contributed by atoms with Gasteiger partial charge in [-0.25, -0.2) is 0 Å². The van der Waals surface area contributed by atoms with E-state index in [1.807, 2.05) is 12.1 Å². The summed E-state index contributed by atoms with van der Waals surface area (Å²) >= 11 is 0. The average Bonchev–Trinajstić information content (AvgIpc) is 2.67. The summed E-state index contributed by atoms with van der Waals surface area (Å²) < 4.78 is 0. The minimum Gasteiger partial charge on any atom is -0.381 e. The Labute approximate surface area is 88.7 Å². The minimum atomic E-state index is 0.438. The summed E-state index contributed by atoms with van der Waals surface area (Å²) in [6.45, 7) is 2.17. The maximum Gasteiger partial charge on any atom is 0.166 e. The average molecular weight is 202 g/mol. The van der Waals surface area contributed by atoms with Gasteiger partial charge in [0.15, 0.2) is 5.82 Å². The fraction of sp³-hybridized carbons (Fsp3) is 0.273. The Balaban J connectivity index is 2.23. The zero-order valence-corrected chi connectivity index (χ0v) is 8.72. The van der Waals surface area contributed by atoms with Gasteiger partial charge >= 0.3 is 0 Å². The number of anilines is 1. The highest BCUT2D eigenvalue weighted by Crippen LogP contribution is 2.09. The van der Waals surface area contributed by atoms with Gasteiger partial charge in [-0.2, -0.15) is 5.10 Å². The van der Waals surface area contributed by atoms with Gasteiger partial charge in [0.2, 0.25) is 0 Å². The molecule has 1 heterocycles. The fourth-order valence-electron chi connectivity index (χ4n) is 1.48. The molecule has 4 heteroatoms. The van der Waals surface area contributed by atoms with E-state index in [2.05, 4.69) is 29.3 Å². The molecule has 2 aromatic rings. The number of nitrogen functional groups attached to an aromatic ring is 1. The Bertz CT molecular complexity index is 430. The summed E-state index contributed by atoms with van der Waals surface area (Å²) in [5.41, 5.74) is 7.77. The van der Waals surface area contributed by atoms with Gasteiger partial charge in [0, 0.05) is 0 Å². The van der Waals surface area contributed by atoms with E-state index in [1.54, 1.807) is 6.20 Å². The Kier molecular flexibility index (Phi) is 2.67. The molecule has 0 aliphatic rings. The molecule has 0 bridgehead atoms. The molecular weight excluding hydrogens is 188 g/mol. The van der Waals surface area contributed by atoms with Crippen LogP contribution in [0.5, 0.6) is 0 Å². The number of benzene rings is 1. The van der Waals surface area contributed by atoms with E-state index in [9.17, 15) is 0 Å². The lowest BCUT2D eigenvalue weighted by atomic mass is 10.1. The van der Waals surface area contributed by atoms with Gasteiger partial charge < -0.3 is 5.73 Å². The molecule has 0 spiro atoms. The standard InChI is InChI=1S/C11H14N4/c1-2-3-9-4-6-10(7-5-9)15-13-8-11(12)14-15/h4-8H,2-3H2,1H3,(H2,12,14). The molecule has 0 saturated heterocycles. The van der Waals surface area contributed by atoms with Crippen molar-refractivity contribution in [3.05, 3.63) is 36.0 Å². The number of aryl methyl sites for hydroxylation is 1. The van der Waals surface area contributed by atoms with Gasteiger partial charge in [-0.1, -0.05) is 25.5 Å². The predicted octanol–water partition coefficient (Wildman–Crippen LogP) is 1.80. The molecule has 0 unspecified atom stereocenters. The maximum atomic E-state index is 5.50. The van der Waals surface area contributed by atoms with Crippen LogP contribution >= 0.6 is 0 Å². The molecule has 1 aromatic carbocycles. The molecule has 0 radical (unpaired) electrons. The molecule has 4 nitrogen and oxygen atoms in total. The first-order chi connectivity index (χ1) is 7.29. The van der Waals surface area contributed by atoms with Crippen molar-refractivity contribution in [1.82, 2.24) is 15.0 Å². The normalized spacial score (nSPS) is 10.5. The highest BCUT2D eigenvalue weighted by atomic mass is 15.5. The number of nitrogens with two attached hydrogens (primary N) is 1. The second-order valence-corrected chi connectivity index (χ2v) is 3.48. The number of hydrogen-bond donors (Lipinski definition) is 1. The predicted molar refractivity (Wildman–Crippen MR) is 59.8 cm³/mol. The van der Waals surface area contributed by atoms with Crippen molar-refractivity contribution in [1.29, 1.82) is 0 Å². The van der Waals surface area contributed by atoms with Crippen LogP contribution in [0.4, 0.5) is 5.82 Å². The lowest BCUT2D eigenvalue weighted by Gasteiger charge is -2.01. The molecule has 15 heavy (non-hydrogen) atoms. The monoisotopic (exact) mass is 202 g/mol. The van der Waals surface area contributed by atoms with Crippen molar-refractivity contribution >= 4 is 5.82 Å². The molecule has 78 valence electrons. The highest BCUT2D eigenvalue weighted by molar-refractivity contribution is 5.34. The first-order valence-corrected chi connectivity index (χ1v) is 5.06. The Morgan fingerprint density at radius 2 is 2.00 bits per heavy atom. The molecule has 2 N–H and O–H groups in total. The van der Waals surface area contributed by atoms with Crippen molar-refractivity contribution in [3.63, 3.8) is 0 Å². The highest BCUT2D eigenvalue weighted by Gasteiger charge is 1.99. The molecule has 0 saturated carbocycles. The molecule has 0 aliphatic heterocycles. The zero-order valence-electron chi connectivity index (χ0n) is 8.72. The zero-order chi connectivity index (χ0) is 10.7. The van der Waals surface area contributed by atoms with Crippen LogP contribution in [0, 0.1) is 0 Å². The molecule has 2 rings (SSSR count). The summed E-state index contributed by atoms with van der Waals surface area (Å²) in [7, 11) is 0. The summed E-state index contributed by atoms with van der Waals surface area (Å²) in [6, 6.07) is 8.20. The number of hydrogen-bond acceptors (Lipinski definition) is 3. The van der Waals surface area contributed by atoms with Gasteiger partial charge in [0.25, 0.3) is 0 Å². The fourth-order valence-corrected chi connectivity index (χ4v) is 1.48. The first-order valence-electron chi connectivity index (χ1n) is 5.06. The summed E-state index contributed by atoms with van der Waals surface area (Å²) in [5.74, 6) is 0.438. The van der Waals surface area contributed by atoms with E-state index in [0.29, 0.717) is 5.82 Å². The van der Waals surface area contributed by atoms with Crippen LogP contribution in [0.25, 0.3) is 5.69 Å². The van der Waals surface area contributed by atoms with Crippen LogP contribution < -0.4 is 5.73 Å². The van der Waals surface area contributed by atoms with Crippen LogP contribution in [0.1, 0.15) is 18.9 Å². The Hall–Kier alpha value is -1.84. The number of aromatic nitrogens is 3. The maximum absolute atomic E-state index is 5.50. The van der Waals surface area contributed by atoms with Gasteiger partial charge in [-0.05, 0) is 24.1 Å². The lowest BCUT2D eigenvalue weighted by molar-refractivity contribution is 0.753. The Morgan fingerprint density at radius 3 is 2.53 bits per heavy atom. The van der Waals surface area contributed by atoms with E-state index in [0.717, 1.165) is 18.5 Å². The van der Waals surface area contributed by atoms with Crippen molar-refractivity contribution in [3.8, 4) is 5.69 Å². The van der Waals surface area contributed by atoms with Crippen molar-refractivity contribution in [2.75, 3.05) is 5.73 Å². The third-order valence-corrected chi connectivity index (χ3v) is 2.22. The molecular formula is C11H14N4. The summed E-state index contributed by atoms with van der Waals surface area (Å²) in [4.78, 5) is 1.53. The van der Waals surface area contributed by atoms with E-state index in [4.69, 9.17) is 5.73 Å². The van der Waals surface area contributed by atoms with Gasteiger partial charge in [0.1, 0.15) is 0 Å². The molecule has 0 aliphatic carbocycles. The number of nitrogens with zero attached hydrogens (tertiary/aromatic N) is 3. The SMILES string of the molecule is CCCc1ccc(-n2ncc(N)n2)cc1. The van der Waals surface area contributed by atoms with Gasteiger partial charge in [-0.15, -0.1) is 9.90 Å². The summed E-state index contributed by atoms with van der Waals surface area (Å²) in [5, 5.41) is 8.08. The smallest absolute Gasteiger partial charge is 0.166 e. The van der Waals surface area contributed by atoms with Crippen molar-refractivity contribution in [2.45, 2.75) is 19.8 Å². The van der Waals surface area contributed by atoms with Crippen LogP contribution in [-0.2, 0) is 6.42 Å². The van der Waals surface area contributed by atoms with E-state index in [-0.39, 0.29) is 0 Å². The lowest BCUT2D eigenvalue weighted by Crippen LogP contribution is -1.99.